The van der Waals surface area contributed by atoms with Crippen molar-refractivity contribution in [2.75, 3.05) is 0 Å². The normalized spacial score (nSPS) is 11.6. The largest absolute Gasteiger partial charge is 0.323 e. The third-order valence-corrected chi connectivity index (χ3v) is 5.89. The molecule has 162 valence electrons. The highest BCUT2D eigenvalue weighted by Gasteiger charge is 2.17. The van der Waals surface area contributed by atoms with Gasteiger partial charge in [-0.25, -0.2) is 19.9 Å². The summed E-state index contributed by atoms with van der Waals surface area (Å²) in [5.41, 5.74) is 5.84. The van der Waals surface area contributed by atoms with Crippen LogP contribution in [-0.4, -0.2) is 29.1 Å². The summed E-state index contributed by atoms with van der Waals surface area (Å²) >= 11 is 0. The fraction of sp³-hybridized carbons (Fsp3) is 0.308. The maximum atomic E-state index is 4.87. The van der Waals surface area contributed by atoms with Crippen molar-refractivity contribution in [3.05, 3.63) is 60.9 Å². The molecule has 6 nitrogen and oxygen atoms in total. The predicted molar refractivity (Wildman–Crippen MR) is 129 cm³/mol. The van der Waals surface area contributed by atoms with E-state index in [1.807, 2.05) is 24.5 Å². The van der Waals surface area contributed by atoms with Gasteiger partial charge in [-0.3, -0.25) is 0 Å². The fourth-order valence-electron chi connectivity index (χ4n) is 4.19. The molecule has 0 saturated carbocycles. The number of fused-ring (bicyclic) bond motifs is 2. The van der Waals surface area contributed by atoms with Gasteiger partial charge in [-0.2, -0.15) is 0 Å². The molecule has 32 heavy (non-hydrogen) atoms. The number of aryl methyl sites for hydroxylation is 2. The second-order valence-electron chi connectivity index (χ2n) is 8.15. The molecule has 5 rings (SSSR count). The van der Waals surface area contributed by atoms with E-state index in [0.717, 1.165) is 83.9 Å². The summed E-state index contributed by atoms with van der Waals surface area (Å²) in [7, 11) is 0. The number of hydrogen-bond acceptors (Lipinski definition) is 4. The number of para-hydroxylation sites is 4. The zero-order chi connectivity index (χ0) is 21.9. The van der Waals surface area contributed by atoms with Crippen molar-refractivity contribution in [3.63, 3.8) is 0 Å². The first-order valence-electron chi connectivity index (χ1n) is 11.5. The smallest absolute Gasteiger partial charge is 0.161 e. The molecule has 0 atom stereocenters. The molecule has 0 N–H and O–H groups in total. The minimum atomic E-state index is 0.789. The quantitative estimate of drug-likeness (QED) is 0.301. The van der Waals surface area contributed by atoms with Crippen molar-refractivity contribution in [3.8, 4) is 23.0 Å². The maximum absolute atomic E-state index is 4.87. The number of imidazole rings is 2. The van der Waals surface area contributed by atoms with Gasteiger partial charge in [0.15, 0.2) is 11.6 Å². The summed E-state index contributed by atoms with van der Waals surface area (Å²) in [4.78, 5) is 19.3. The molecule has 0 aliphatic carbocycles. The van der Waals surface area contributed by atoms with Gasteiger partial charge in [-0.05, 0) is 37.1 Å². The second kappa shape index (κ2) is 8.91. The van der Waals surface area contributed by atoms with Crippen LogP contribution in [-0.2, 0) is 13.1 Å². The molecule has 3 aromatic heterocycles. The summed E-state index contributed by atoms with van der Waals surface area (Å²) in [6.45, 7) is 6.25. The minimum absolute atomic E-state index is 0.789. The van der Waals surface area contributed by atoms with Crippen LogP contribution in [0, 0.1) is 0 Å². The van der Waals surface area contributed by atoms with Gasteiger partial charge in [0.2, 0.25) is 0 Å². The summed E-state index contributed by atoms with van der Waals surface area (Å²) < 4.78 is 4.53. The Bertz CT molecular complexity index is 1240. The highest BCUT2D eigenvalue weighted by atomic mass is 15.1. The van der Waals surface area contributed by atoms with Crippen LogP contribution in [0.1, 0.15) is 39.5 Å². The van der Waals surface area contributed by atoms with Gasteiger partial charge in [-0.15, -0.1) is 0 Å². The Morgan fingerprint density at radius 1 is 0.625 bits per heavy atom. The molecule has 0 saturated heterocycles. The predicted octanol–water partition coefficient (Wildman–Crippen LogP) is 6.11. The Morgan fingerprint density at radius 2 is 1.06 bits per heavy atom. The van der Waals surface area contributed by atoms with Gasteiger partial charge >= 0.3 is 0 Å². The van der Waals surface area contributed by atoms with E-state index < -0.39 is 0 Å². The molecule has 6 heteroatoms. The zero-order valence-corrected chi connectivity index (χ0v) is 18.7. The highest BCUT2D eigenvalue weighted by molar-refractivity contribution is 5.81. The summed E-state index contributed by atoms with van der Waals surface area (Å²) in [5, 5.41) is 0. The van der Waals surface area contributed by atoms with Crippen LogP contribution in [0.2, 0.25) is 0 Å². The van der Waals surface area contributed by atoms with Crippen LogP contribution in [0.5, 0.6) is 0 Å². The van der Waals surface area contributed by atoms with Crippen molar-refractivity contribution in [1.29, 1.82) is 0 Å². The zero-order valence-electron chi connectivity index (χ0n) is 18.7. The molecule has 3 heterocycles. The third-order valence-electron chi connectivity index (χ3n) is 5.89. The van der Waals surface area contributed by atoms with E-state index in [1.54, 1.807) is 0 Å². The Kier molecular flexibility index (Phi) is 5.67. The molecule has 0 unspecified atom stereocenters. The number of rotatable bonds is 8. The topological polar surface area (TPSA) is 61.4 Å². The summed E-state index contributed by atoms with van der Waals surface area (Å²) in [6.07, 6.45) is 8.13. The molecule has 0 fully saturated rings. The van der Waals surface area contributed by atoms with Crippen molar-refractivity contribution in [1.82, 2.24) is 29.1 Å². The third kappa shape index (κ3) is 3.66. The number of unbranched alkanes of at least 4 members (excludes halogenated alkanes) is 2. The molecule has 0 spiro atoms. The van der Waals surface area contributed by atoms with Gasteiger partial charge in [0.1, 0.15) is 11.4 Å². The van der Waals surface area contributed by atoms with E-state index in [1.165, 1.54) is 0 Å². The highest BCUT2D eigenvalue weighted by Crippen LogP contribution is 2.27. The van der Waals surface area contributed by atoms with Crippen LogP contribution < -0.4 is 0 Å². The Morgan fingerprint density at radius 3 is 1.47 bits per heavy atom. The molecular formula is C26H28N6. The molecule has 2 aromatic carbocycles. The van der Waals surface area contributed by atoms with Crippen molar-refractivity contribution in [2.24, 2.45) is 0 Å². The maximum Gasteiger partial charge on any atom is 0.161 e. The average Bonchev–Trinajstić information content (AvgIpc) is 3.40. The number of benzene rings is 2. The van der Waals surface area contributed by atoms with Crippen LogP contribution in [0.15, 0.2) is 60.9 Å². The van der Waals surface area contributed by atoms with Crippen LogP contribution >= 0.6 is 0 Å². The Labute approximate surface area is 188 Å². The lowest BCUT2D eigenvalue weighted by Gasteiger charge is -2.10. The Hall–Kier alpha value is -3.54. The van der Waals surface area contributed by atoms with E-state index >= 15 is 0 Å². The first-order chi connectivity index (χ1) is 15.8. The average molecular weight is 425 g/mol. The molecule has 5 aromatic rings. The molecule has 0 aliphatic heterocycles. The summed E-state index contributed by atoms with van der Waals surface area (Å²) in [5.74, 6) is 1.75. The van der Waals surface area contributed by atoms with E-state index in [0.29, 0.717) is 0 Å². The van der Waals surface area contributed by atoms with E-state index in [4.69, 9.17) is 19.9 Å². The van der Waals surface area contributed by atoms with Gasteiger partial charge in [0.05, 0.1) is 34.5 Å². The standard InChI is InChI=1S/C26H28N6/c1-3-5-15-31-23-13-9-7-11-19(23)29-25(31)21-17-28-22(18-27-21)26-30-20-12-8-10-14-24(20)32(26)16-6-4-2/h7-14,17-18H,3-6,15-16H2,1-2H3. The van der Waals surface area contributed by atoms with Gasteiger partial charge in [-0.1, -0.05) is 51.0 Å². The van der Waals surface area contributed by atoms with E-state index in [2.05, 4.69) is 59.4 Å². The number of nitrogens with zero attached hydrogens (tertiary/aromatic N) is 6. The van der Waals surface area contributed by atoms with Crippen LogP contribution in [0.4, 0.5) is 0 Å². The van der Waals surface area contributed by atoms with Gasteiger partial charge < -0.3 is 9.13 Å². The molecule has 0 aliphatic rings. The lowest BCUT2D eigenvalue weighted by Crippen LogP contribution is -2.04. The van der Waals surface area contributed by atoms with E-state index in [9.17, 15) is 0 Å². The number of hydrogen-bond donors (Lipinski definition) is 0. The SMILES string of the molecule is CCCCn1c(-c2cnc(-c3nc4ccccc4n3CCCC)cn2)nc2ccccc21. The fourth-order valence-corrected chi connectivity index (χ4v) is 4.19. The Balaban J connectivity index is 1.56. The van der Waals surface area contributed by atoms with Crippen molar-refractivity contribution < 1.29 is 0 Å². The lowest BCUT2D eigenvalue weighted by molar-refractivity contribution is 0.648. The first-order valence-corrected chi connectivity index (χ1v) is 11.5. The molecule has 0 bridgehead atoms. The van der Waals surface area contributed by atoms with Crippen molar-refractivity contribution in [2.45, 2.75) is 52.6 Å². The van der Waals surface area contributed by atoms with Crippen LogP contribution in [0.25, 0.3) is 45.1 Å². The molecular weight excluding hydrogens is 396 g/mol. The van der Waals surface area contributed by atoms with E-state index in [-0.39, 0.29) is 0 Å². The number of aromatic nitrogens is 6. The monoisotopic (exact) mass is 424 g/mol. The van der Waals surface area contributed by atoms with Crippen molar-refractivity contribution >= 4 is 22.1 Å². The minimum Gasteiger partial charge on any atom is -0.323 e. The van der Waals surface area contributed by atoms with Gasteiger partial charge in [0, 0.05) is 13.1 Å². The second-order valence-corrected chi connectivity index (χ2v) is 8.15. The lowest BCUT2D eigenvalue weighted by atomic mass is 10.3. The molecule has 0 radical (unpaired) electrons. The van der Waals surface area contributed by atoms with Gasteiger partial charge in [0.25, 0.3) is 0 Å². The molecule has 0 amide bonds. The summed E-state index contributed by atoms with van der Waals surface area (Å²) in [6, 6.07) is 16.5. The first kappa shape index (κ1) is 20.4. The van der Waals surface area contributed by atoms with Crippen LogP contribution in [0.3, 0.4) is 0 Å².